The lowest BCUT2D eigenvalue weighted by molar-refractivity contribution is -0.122. The summed E-state index contributed by atoms with van der Waals surface area (Å²) in [5, 5.41) is 17.8. The summed E-state index contributed by atoms with van der Waals surface area (Å²) in [6, 6.07) is 1.71. The quantitative estimate of drug-likeness (QED) is 0.684. The minimum atomic E-state index is -0.433. The zero-order valence-corrected chi connectivity index (χ0v) is 12.1. The van der Waals surface area contributed by atoms with E-state index in [-0.39, 0.29) is 23.9 Å². The lowest BCUT2D eigenvalue weighted by atomic mass is 10.1. The Morgan fingerprint density at radius 2 is 2.43 bits per heavy atom. The largest absolute Gasteiger partial charge is 0.391 e. The van der Waals surface area contributed by atoms with Crippen molar-refractivity contribution in [2.75, 3.05) is 19.6 Å². The van der Waals surface area contributed by atoms with Crippen molar-refractivity contribution in [3.8, 4) is 0 Å². The standard InChI is InChI=1S/C13H16N4O3S/c18-10-5-14-3-8(10)4-15-11(19)6-17-7-16-12-9(13(17)20)1-2-21-12/h1-2,7-8,10,14,18H,3-6H2,(H,15,19). The smallest absolute Gasteiger partial charge is 0.262 e. The van der Waals surface area contributed by atoms with Crippen molar-refractivity contribution in [2.24, 2.45) is 5.92 Å². The molecule has 0 aromatic carbocycles. The molecule has 1 saturated heterocycles. The number of nitrogens with one attached hydrogen (secondary N) is 2. The third-order valence-corrected chi connectivity index (χ3v) is 4.45. The molecule has 2 atom stereocenters. The number of thiophene rings is 1. The van der Waals surface area contributed by atoms with Crippen LogP contribution >= 0.6 is 11.3 Å². The van der Waals surface area contributed by atoms with Crippen molar-refractivity contribution in [1.82, 2.24) is 20.2 Å². The minimum absolute atomic E-state index is 0.0168. The topological polar surface area (TPSA) is 96.2 Å². The number of fused-ring (bicyclic) bond motifs is 1. The number of hydrogen-bond donors (Lipinski definition) is 3. The Balaban J connectivity index is 1.63. The first kappa shape index (κ1) is 14.2. The van der Waals surface area contributed by atoms with E-state index in [9.17, 15) is 14.7 Å². The predicted molar refractivity (Wildman–Crippen MR) is 79.3 cm³/mol. The summed E-state index contributed by atoms with van der Waals surface area (Å²) < 4.78 is 1.30. The molecule has 2 unspecified atom stereocenters. The number of nitrogens with zero attached hydrogens (tertiary/aromatic N) is 2. The van der Waals surface area contributed by atoms with Gasteiger partial charge in [-0.2, -0.15) is 0 Å². The number of carbonyl (C=O) groups is 1. The van der Waals surface area contributed by atoms with Crippen molar-refractivity contribution < 1.29 is 9.90 Å². The third-order valence-electron chi connectivity index (χ3n) is 3.63. The average Bonchev–Trinajstić information content (AvgIpc) is 3.09. The van der Waals surface area contributed by atoms with Gasteiger partial charge in [0, 0.05) is 25.6 Å². The van der Waals surface area contributed by atoms with Crippen LogP contribution in [0.25, 0.3) is 10.2 Å². The van der Waals surface area contributed by atoms with E-state index in [2.05, 4.69) is 15.6 Å². The Bertz CT molecular complexity index is 711. The maximum absolute atomic E-state index is 12.1. The van der Waals surface area contributed by atoms with Crippen LogP contribution in [0, 0.1) is 5.92 Å². The van der Waals surface area contributed by atoms with Crippen LogP contribution in [0.4, 0.5) is 0 Å². The fraction of sp³-hybridized carbons (Fsp3) is 0.462. The van der Waals surface area contributed by atoms with Crippen LogP contribution in [0.3, 0.4) is 0 Å². The molecule has 1 aliphatic rings. The summed E-state index contributed by atoms with van der Waals surface area (Å²) in [5.41, 5.74) is -0.209. The van der Waals surface area contributed by atoms with Gasteiger partial charge >= 0.3 is 0 Å². The highest BCUT2D eigenvalue weighted by molar-refractivity contribution is 7.16. The molecule has 21 heavy (non-hydrogen) atoms. The van der Waals surface area contributed by atoms with E-state index in [1.165, 1.54) is 22.2 Å². The van der Waals surface area contributed by atoms with Crippen LogP contribution in [-0.2, 0) is 11.3 Å². The van der Waals surface area contributed by atoms with E-state index < -0.39 is 6.10 Å². The molecule has 7 nitrogen and oxygen atoms in total. The maximum Gasteiger partial charge on any atom is 0.262 e. The van der Waals surface area contributed by atoms with E-state index in [0.717, 1.165) is 0 Å². The van der Waals surface area contributed by atoms with Gasteiger partial charge in [-0.3, -0.25) is 14.2 Å². The molecule has 2 aromatic heterocycles. The lowest BCUT2D eigenvalue weighted by Gasteiger charge is -2.14. The first-order valence-electron chi connectivity index (χ1n) is 6.73. The second-order valence-corrected chi connectivity index (χ2v) is 6.00. The van der Waals surface area contributed by atoms with E-state index in [1.807, 2.05) is 0 Å². The van der Waals surface area contributed by atoms with Crippen molar-refractivity contribution in [3.63, 3.8) is 0 Å². The number of carbonyl (C=O) groups excluding carboxylic acids is 1. The molecule has 0 radical (unpaired) electrons. The molecular formula is C13H16N4O3S. The number of hydrogen-bond acceptors (Lipinski definition) is 6. The number of aliphatic hydroxyl groups excluding tert-OH is 1. The summed E-state index contributed by atoms with van der Waals surface area (Å²) in [6.45, 7) is 1.58. The Morgan fingerprint density at radius 1 is 1.57 bits per heavy atom. The third kappa shape index (κ3) is 2.97. The first-order valence-corrected chi connectivity index (χ1v) is 7.61. The van der Waals surface area contributed by atoms with Gasteiger partial charge in [-0.15, -0.1) is 11.3 Å². The van der Waals surface area contributed by atoms with Gasteiger partial charge in [0.2, 0.25) is 5.91 Å². The van der Waals surface area contributed by atoms with Crippen LogP contribution < -0.4 is 16.2 Å². The minimum Gasteiger partial charge on any atom is -0.391 e. The summed E-state index contributed by atoms with van der Waals surface area (Å²) in [6.07, 6.45) is 0.962. The lowest BCUT2D eigenvalue weighted by Crippen LogP contribution is -2.37. The molecule has 0 spiro atoms. The number of rotatable bonds is 4. The highest BCUT2D eigenvalue weighted by atomic mass is 32.1. The van der Waals surface area contributed by atoms with Gasteiger partial charge in [0.1, 0.15) is 11.4 Å². The predicted octanol–water partition coefficient (Wildman–Crippen LogP) is -0.845. The normalized spacial score (nSPS) is 21.8. The second kappa shape index (κ2) is 5.92. The average molecular weight is 308 g/mol. The highest BCUT2D eigenvalue weighted by Crippen LogP contribution is 2.13. The van der Waals surface area contributed by atoms with Gasteiger partial charge in [-0.1, -0.05) is 0 Å². The molecule has 1 fully saturated rings. The molecule has 3 rings (SSSR count). The maximum atomic E-state index is 12.1. The molecule has 1 amide bonds. The fourth-order valence-corrected chi connectivity index (χ4v) is 3.11. The summed E-state index contributed by atoms with van der Waals surface area (Å²) in [4.78, 5) is 28.9. The molecular weight excluding hydrogens is 292 g/mol. The van der Waals surface area contributed by atoms with Crippen molar-refractivity contribution in [3.05, 3.63) is 28.1 Å². The van der Waals surface area contributed by atoms with Crippen molar-refractivity contribution >= 4 is 27.5 Å². The van der Waals surface area contributed by atoms with Gasteiger partial charge in [0.15, 0.2) is 0 Å². The molecule has 1 aliphatic heterocycles. The number of aromatic nitrogens is 2. The van der Waals surface area contributed by atoms with Crippen LogP contribution in [0.1, 0.15) is 0 Å². The van der Waals surface area contributed by atoms with Crippen LogP contribution in [-0.4, -0.2) is 46.3 Å². The van der Waals surface area contributed by atoms with E-state index in [4.69, 9.17) is 0 Å². The Morgan fingerprint density at radius 3 is 3.19 bits per heavy atom. The van der Waals surface area contributed by atoms with Gasteiger partial charge in [0.25, 0.3) is 5.56 Å². The number of β-amino-alcohol motifs (C(OH)–C–C–N with tert-alkyl or cyclic N) is 1. The van der Waals surface area contributed by atoms with Crippen LogP contribution in [0.5, 0.6) is 0 Å². The van der Waals surface area contributed by atoms with E-state index >= 15 is 0 Å². The van der Waals surface area contributed by atoms with Crippen molar-refractivity contribution in [1.29, 1.82) is 0 Å². The molecule has 0 aliphatic carbocycles. The Hall–Kier alpha value is -1.77. The zero-order valence-electron chi connectivity index (χ0n) is 11.3. The molecule has 0 saturated carbocycles. The molecule has 0 bridgehead atoms. The van der Waals surface area contributed by atoms with Crippen LogP contribution in [0.2, 0.25) is 0 Å². The number of aliphatic hydroxyl groups is 1. The number of amides is 1. The van der Waals surface area contributed by atoms with Gasteiger partial charge in [-0.05, 0) is 11.4 Å². The second-order valence-electron chi connectivity index (χ2n) is 5.11. The zero-order chi connectivity index (χ0) is 14.8. The van der Waals surface area contributed by atoms with Gasteiger partial charge in [0.05, 0.1) is 17.8 Å². The molecule has 2 aromatic rings. The van der Waals surface area contributed by atoms with E-state index in [1.54, 1.807) is 11.4 Å². The van der Waals surface area contributed by atoms with E-state index in [0.29, 0.717) is 29.9 Å². The SMILES string of the molecule is O=C(Cn1cnc2sccc2c1=O)NCC1CNCC1O. The van der Waals surface area contributed by atoms with Crippen LogP contribution in [0.15, 0.2) is 22.6 Å². The molecule has 3 N–H and O–H groups in total. The van der Waals surface area contributed by atoms with Crippen molar-refractivity contribution in [2.45, 2.75) is 12.6 Å². The molecule has 112 valence electrons. The molecule has 3 heterocycles. The monoisotopic (exact) mass is 308 g/mol. The first-order chi connectivity index (χ1) is 10.1. The Kier molecular flexibility index (Phi) is 4.00. The fourth-order valence-electron chi connectivity index (χ4n) is 2.39. The molecule has 8 heteroatoms. The van der Waals surface area contributed by atoms with Gasteiger partial charge < -0.3 is 15.7 Å². The summed E-state index contributed by atoms with van der Waals surface area (Å²) >= 11 is 1.40. The van der Waals surface area contributed by atoms with Gasteiger partial charge in [-0.25, -0.2) is 4.98 Å². The highest BCUT2D eigenvalue weighted by Gasteiger charge is 2.25. The Labute approximate surface area is 124 Å². The summed E-state index contributed by atoms with van der Waals surface area (Å²) in [7, 11) is 0. The summed E-state index contributed by atoms with van der Waals surface area (Å²) in [5.74, 6) is -0.240.